The van der Waals surface area contributed by atoms with Gasteiger partial charge in [-0.25, -0.2) is 9.97 Å². The van der Waals surface area contributed by atoms with Gasteiger partial charge in [-0.2, -0.15) is 0 Å². The van der Waals surface area contributed by atoms with Gasteiger partial charge < -0.3 is 4.74 Å². The summed E-state index contributed by atoms with van der Waals surface area (Å²) in [7, 11) is 0. The van der Waals surface area contributed by atoms with Gasteiger partial charge in [0.1, 0.15) is 10.6 Å². The maximum absolute atomic E-state index is 12.9. The lowest BCUT2D eigenvalue weighted by atomic mass is 9.97. The predicted molar refractivity (Wildman–Crippen MR) is 142 cm³/mol. The maximum atomic E-state index is 12.9. The summed E-state index contributed by atoms with van der Waals surface area (Å²) in [6.07, 6.45) is 6.45. The number of carbonyl (C=O) groups excluding carboxylic acids is 1. The minimum Gasteiger partial charge on any atom is -0.494 e. The number of benzene rings is 2. The summed E-state index contributed by atoms with van der Waals surface area (Å²) in [5.41, 5.74) is 8.49. The number of unbranched alkanes of at least 4 members (excludes halogenated alkanes) is 1. The molecule has 0 fully saturated rings. The van der Waals surface area contributed by atoms with Crippen LogP contribution in [0.3, 0.4) is 0 Å². The number of halogens is 1. The molecule has 0 radical (unpaired) electrons. The first-order valence-corrected chi connectivity index (χ1v) is 13.2. The number of aromatic nitrogens is 2. The molecule has 180 valence electrons. The molecule has 0 spiro atoms. The summed E-state index contributed by atoms with van der Waals surface area (Å²) < 4.78 is 5.69. The number of nitrogens with zero attached hydrogens (tertiary/aromatic N) is 2. The Balaban J connectivity index is 1.42. The number of anilines is 1. The van der Waals surface area contributed by atoms with Gasteiger partial charge in [0.2, 0.25) is 0 Å². The fraction of sp³-hybridized carbons (Fsp3) is 0.296. The van der Waals surface area contributed by atoms with Crippen molar-refractivity contribution in [2.75, 3.05) is 12.0 Å². The second kappa shape index (κ2) is 10.6. The topological polar surface area (TPSA) is 76.1 Å². The molecule has 0 saturated heterocycles. The zero-order valence-electron chi connectivity index (χ0n) is 19.6. The van der Waals surface area contributed by atoms with Crippen LogP contribution in [0.2, 0.25) is 5.02 Å². The number of nitrogens with one attached hydrogen (secondary N) is 2. The van der Waals surface area contributed by atoms with E-state index < -0.39 is 0 Å². The van der Waals surface area contributed by atoms with Gasteiger partial charge in [-0.15, -0.1) is 11.3 Å². The van der Waals surface area contributed by atoms with Crippen molar-refractivity contribution in [3.63, 3.8) is 0 Å². The predicted octanol–water partition coefficient (Wildman–Crippen LogP) is 6.83. The van der Waals surface area contributed by atoms with Crippen LogP contribution < -0.4 is 15.6 Å². The van der Waals surface area contributed by atoms with Gasteiger partial charge in [0, 0.05) is 16.0 Å². The number of hydrazine groups is 1. The Morgan fingerprint density at radius 2 is 1.89 bits per heavy atom. The van der Waals surface area contributed by atoms with Gasteiger partial charge in [0.15, 0.2) is 11.6 Å². The van der Waals surface area contributed by atoms with Crippen molar-refractivity contribution in [2.45, 2.75) is 45.4 Å². The van der Waals surface area contributed by atoms with E-state index in [4.69, 9.17) is 26.3 Å². The number of hydrogen-bond donors (Lipinski definition) is 2. The number of ether oxygens (including phenoxy) is 1. The molecule has 2 aromatic carbocycles. The fourth-order valence-electron chi connectivity index (χ4n) is 4.24. The molecule has 2 aromatic heterocycles. The third-order valence-electron chi connectivity index (χ3n) is 6.11. The lowest BCUT2D eigenvalue weighted by molar-refractivity contribution is 0.0962. The quantitative estimate of drug-likeness (QED) is 0.202. The molecule has 0 aliphatic heterocycles. The average molecular weight is 507 g/mol. The second-order valence-electron chi connectivity index (χ2n) is 8.57. The van der Waals surface area contributed by atoms with Gasteiger partial charge >= 0.3 is 0 Å². The van der Waals surface area contributed by atoms with Crippen molar-refractivity contribution in [1.82, 2.24) is 15.4 Å². The SMILES string of the molecule is CCCCOc1ccc(C(=O)NNc2nc(-c3ccccc3Cl)nc3sc4c(c23)CCCC4)cc1. The monoisotopic (exact) mass is 506 g/mol. The van der Waals surface area contributed by atoms with E-state index in [0.717, 1.165) is 53.6 Å². The number of fused-ring (bicyclic) bond motifs is 3. The molecule has 1 amide bonds. The van der Waals surface area contributed by atoms with E-state index in [0.29, 0.717) is 28.8 Å². The molecule has 35 heavy (non-hydrogen) atoms. The molecule has 1 aliphatic carbocycles. The Bertz CT molecular complexity index is 1350. The molecule has 6 nitrogen and oxygen atoms in total. The van der Waals surface area contributed by atoms with Gasteiger partial charge in [-0.05, 0) is 74.1 Å². The molecule has 1 aliphatic rings. The molecule has 0 bridgehead atoms. The zero-order valence-corrected chi connectivity index (χ0v) is 21.1. The third-order valence-corrected chi connectivity index (χ3v) is 7.62. The Morgan fingerprint density at radius 3 is 2.69 bits per heavy atom. The highest BCUT2D eigenvalue weighted by molar-refractivity contribution is 7.19. The normalized spacial score (nSPS) is 12.9. The van der Waals surface area contributed by atoms with E-state index >= 15 is 0 Å². The molecule has 0 saturated carbocycles. The van der Waals surface area contributed by atoms with Gasteiger partial charge in [-0.3, -0.25) is 15.6 Å². The van der Waals surface area contributed by atoms with E-state index in [-0.39, 0.29) is 5.91 Å². The van der Waals surface area contributed by atoms with Crippen molar-refractivity contribution in [2.24, 2.45) is 0 Å². The molecule has 0 unspecified atom stereocenters. The zero-order chi connectivity index (χ0) is 24.2. The van der Waals surface area contributed by atoms with E-state index in [1.165, 1.54) is 16.9 Å². The molecule has 2 N–H and O–H groups in total. The molecule has 5 rings (SSSR count). The summed E-state index contributed by atoms with van der Waals surface area (Å²) in [5, 5.41) is 1.57. The number of hydrogen-bond acceptors (Lipinski definition) is 6. The number of aryl methyl sites for hydroxylation is 2. The fourth-order valence-corrected chi connectivity index (χ4v) is 5.72. The van der Waals surface area contributed by atoms with Gasteiger partial charge in [0.05, 0.1) is 17.0 Å². The van der Waals surface area contributed by atoms with Crippen molar-refractivity contribution >= 4 is 44.9 Å². The van der Waals surface area contributed by atoms with Crippen LogP contribution in [0, 0.1) is 0 Å². The molecular weight excluding hydrogens is 480 g/mol. The summed E-state index contributed by atoms with van der Waals surface area (Å²) in [4.78, 5) is 24.8. The minimum atomic E-state index is -0.250. The van der Waals surface area contributed by atoms with Crippen LogP contribution in [-0.4, -0.2) is 22.5 Å². The maximum Gasteiger partial charge on any atom is 0.269 e. The van der Waals surface area contributed by atoms with E-state index in [1.54, 1.807) is 23.5 Å². The second-order valence-corrected chi connectivity index (χ2v) is 10.1. The molecule has 8 heteroatoms. The van der Waals surface area contributed by atoms with Gasteiger partial charge in [-0.1, -0.05) is 37.1 Å². The van der Waals surface area contributed by atoms with E-state index in [2.05, 4.69) is 17.8 Å². The number of thiophene rings is 1. The third kappa shape index (κ3) is 5.11. The van der Waals surface area contributed by atoms with Crippen molar-refractivity contribution < 1.29 is 9.53 Å². The summed E-state index contributed by atoms with van der Waals surface area (Å²) in [5.74, 6) is 1.64. The largest absolute Gasteiger partial charge is 0.494 e. The Hall–Kier alpha value is -3.16. The minimum absolute atomic E-state index is 0.250. The van der Waals surface area contributed by atoms with E-state index in [9.17, 15) is 4.79 Å². The molecule has 0 atom stereocenters. The van der Waals surface area contributed by atoms with Crippen molar-refractivity contribution in [1.29, 1.82) is 0 Å². The smallest absolute Gasteiger partial charge is 0.269 e. The van der Waals surface area contributed by atoms with Crippen LogP contribution in [0.5, 0.6) is 5.75 Å². The van der Waals surface area contributed by atoms with Crippen molar-refractivity contribution in [3.8, 4) is 17.1 Å². The van der Waals surface area contributed by atoms with Crippen LogP contribution in [-0.2, 0) is 12.8 Å². The summed E-state index contributed by atoms with van der Waals surface area (Å²) in [6, 6.07) is 14.7. The Labute approximate surface area is 213 Å². The molecule has 2 heterocycles. The highest BCUT2D eigenvalue weighted by atomic mass is 35.5. The average Bonchev–Trinajstić information content (AvgIpc) is 3.26. The summed E-state index contributed by atoms with van der Waals surface area (Å²) in [6.45, 7) is 2.80. The molecular formula is C27H27ClN4O2S. The van der Waals surface area contributed by atoms with Crippen LogP contribution in [0.1, 0.15) is 53.4 Å². The lowest BCUT2D eigenvalue weighted by Crippen LogP contribution is -2.30. The first kappa shape index (κ1) is 23.6. The first-order chi connectivity index (χ1) is 17.1. The van der Waals surface area contributed by atoms with Crippen LogP contribution in [0.15, 0.2) is 48.5 Å². The van der Waals surface area contributed by atoms with Crippen molar-refractivity contribution in [3.05, 3.63) is 69.6 Å². The number of rotatable bonds is 8. The first-order valence-electron chi connectivity index (χ1n) is 12.0. The van der Waals surface area contributed by atoms with E-state index in [1.807, 2.05) is 36.4 Å². The highest BCUT2D eigenvalue weighted by Crippen LogP contribution is 2.40. The van der Waals surface area contributed by atoms with Crippen LogP contribution in [0.25, 0.3) is 21.6 Å². The lowest BCUT2D eigenvalue weighted by Gasteiger charge is -2.14. The number of carbonyl (C=O) groups is 1. The standard InChI is InChI=1S/C27H27ClN4O2S/c1-2-3-16-34-18-14-12-17(13-15-18)26(33)32-31-25-23-20-9-5-7-11-22(20)35-27(23)30-24(29-25)19-8-4-6-10-21(19)28/h4,6,8,10,12-15H,2-3,5,7,9,11,16H2,1H3,(H,32,33)(H,29,30,31). The summed E-state index contributed by atoms with van der Waals surface area (Å²) >= 11 is 8.15. The van der Waals surface area contributed by atoms with Crippen LogP contribution >= 0.6 is 22.9 Å². The Kier molecular flexibility index (Phi) is 7.16. The molecule has 4 aromatic rings. The highest BCUT2D eigenvalue weighted by Gasteiger charge is 2.22. The Morgan fingerprint density at radius 1 is 1.09 bits per heavy atom. The van der Waals surface area contributed by atoms with Gasteiger partial charge in [0.25, 0.3) is 5.91 Å². The van der Waals surface area contributed by atoms with Crippen LogP contribution in [0.4, 0.5) is 5.82 Å². The number of amides is 1.